The predicted octanol–water partition coefficient (Wildman–Crippen LogP) is 3.20. The number of guanidine groups is 1. The highest BCUT2D eigenvalue weighted by atomic mass is 127. The number of hydrogen-bond donors (Lipinski definition) is 1. The van der Waals surface area contributed by atoms with E-state index in [1.54, 1.807) is 0 Å². The fraction of sp³-hybridized carbons (Fsp3) is 0.929. The minimum Gasteiger partial charge on any atom is -0.356 e. The molecule has 0 spiro atoms. The van der Waals surface area contributed by atoms with Gasteiger partial charge in [0.2, 0.25) is 0 Å². The number of rotatable bonds is 4. The second-order valence-electron chi connectivity index (χ2n) is 6.09. The molecule has 0 amide bonds. The summed E-state index contributed by atoms with van der Waals surface area (Å²) in [7, 11) is 1.90. The van der Waals surface area contributed by atoms with Gasteiger partial charge in [0.1, 0.15) is 0 Å². The normalized spacial score (nSPS) is 22.9. The molecular formula is C14H28IN3S. The Hall–Kier alpha value is 0.350. The van der Waals surface area contributed by atoms with E-state index in [2.05, 4.69) is 40.8 Å². The molecule has 5 heteroatoms. The average Bonchev–Trinajstić information content (AvgIpc) is 3.12. The Morgan fingerprint density at radius 1 is 1.42 bits per heavy atom. The molecule has 1 N–H and O–H groups in total. The van der Waals surface area contributed by atoms with Gasteiger partial charge in [0, 0.05) is 37.2 Å². The smallest absolute Gasteiger partial charge is 0.193 e. The standard InChI is InChI=1S/C14H27N3S.HI/c1-14(2)11-17(9-10-18-14)13(15-3)16-8-4-5-12-6-7-12;/h12H,4-11H2,1-3H3,(H,15,16);1H. The van der Waals surface area contributed by atoms with Crippen LogP contribution in [0.2, 0.25) is 0 Å². The molecule has 0 aromatic carbocycles. The van der Waals surface area contributed by atoms with Crippen LogP contribution in [0.15, 0.2) is 4.99 Å². The van der Waals surface area contributed by atoms with Gasteiger partial charge in [-0.15, -0.1) is 24.0 Å². The third kappa shape index (κ3) is 6.10. The third-order valence-electron chi connectivity index (χ3n) is 3.71. The molecule has 1 saturated carbocycles. The monoisotopic (exact) mass is 397 g/mol. The Morgan fingerprint density at radius 2 is 2.16 bits per heavy atom. The van der Waals surface area contributed by atoms with Crippen LogP contribution in [0.1, 0.15) is 39.5 Å². The van der Waals surface area contributed by atoms with Crippen molar-refractivity contribution in [1.29, 1.82) is 0 Å². The lowest BCUT2D eigenvalue weighted by molar-refractivity contribution is 0.375. The summed E-state index contributed by atoms with van der Waals surface area (Å²) in [6.45, 7) is 7.94. The van der Waals surface area contributed by atoms with E-state index in [0.29, 0.717) is 4.75 Å². The lowest BCUT2D eigenvalue weighted by Crippen LogP contribution is -2.51. The number of halogens is 1. The van der Waals surface area contributed by atoms with Gasteiger partial charge in [-0.05, 0) is 32.6 Å². The first-order valence-electron chi connectivity index (χ1n) is 7.20. The van der Waals surface area contributed by atoms with E-state index in [1.165, 1.54) is 31.4 Å². The summed E-state index contributed by atoms with van der Waals surface area (Å²) in [6, 6.07) is 0. The molecule has 1 saturated heterocycles. The van der Waals surface area contributed by atoms with E-state index < -0.39 is 0 Å². The van der Waals surface area contributed by atoms with E-state index in [4.69, 9.17) is 0 Å². The van der Waals surface area contributed by atoms with Crippen LogP contribution in [-0.2, 0) is 0 Å². The fourth-order valence-corrected chi connectivity index (χ4v) is 3.64. The van der Waals surface area contributed by atoms with Crippen LogP contribution in [0, 0.1) is 5.92 Å². The molecule has 1 aliphatic carbocycles. The van der Waals surface area contributed by atoms with Gasteiger partial charge in [0.05, 0.1) is 0 Å². The van der Waals surface area contributed by atoms with Crippen molar-refractivity contribution in [3.63, 3.8) is 0 Å². The van der Waals surface area contributed by atoms with Gasteiger partial charge in [-0.1, -0.05) is 12.8 Å². The number of thioether (sulfide) groups is 1. The topological polar surface area (TPSA) is 27.6 Å². The van der Waals surface area contributed by atoms with Crippen LogP contribution >= 0.6 is 35.7 Å². The molecule has 0 radical (unpaired) electrons. The highest BCUT2D eigenvalue weighted by molar-refractivity contribution is 14.0. The molecule has 2 rings (SSSR count). The van der Waals surface area contributed by atoms with E-state index in [9.17, 15) is 0 Å². The molecule has 19 heavy (non-hydrogen) atoms. The van der Waals surface area contributed by atoms with Gasteiger partial charge in [0.25, 0.3) is 0 Å². The van der Waals surface area contributed by atoms with Gasteiger partial charge in [-0.2, -0.15) is 11.8 Å². The predicted molar refractivity (Wildman–Crippen MR) is 96.8 cm³/mol. The van der Waals surface area contributed by atoms with Crippen molar-refractivity contribution in [2.45, 2.75) is 44.3 Å². The largest absolute Gasteiger partial charge is 0.356 e. The van der Waals surface area contributed by atoms with E-state index in [0.717, 1.165) is 31.5 Å². The van der Waals surface area contributed by atoms with Crippen molar-refractivity contribution in [2.24, 2.45) is 10.9 Å². The molecule has 0 aromatic rings. The molecule has 0 atom stereocenters. The van der Waals surface area contributed by atoms with Gasteiger partial charge < -0.3 is 10.2 Å². The highest BCUT2D eigenvalue weighted by Gasteiger charge is 2.28. The maximum absolute atomic E-state index is 4.43. The summed E-state index contributed by atoms with van der Waals surface area (Å²) in [5.74, 6) is 3.34. The van der Waals surface area contributed by atoms with Crippen molar-refractivity contribution in [2.75, 3.05) is 32.4 Å². The van der Waals surface area contributed by atoms with Gasteiger partial charge in [-0.25, -0.2) is 0 Å². The minimum absolute atomic E-state index is 0. The molecule has 2 fully saturated rings. The van der Waals surface area contributed by atoms with Crippen molar-refractivity contribution in [3.05, 3.63) is 0 Å². The number of hydrogen-bond acceptors (Lipinski definition) is 2. The molecule has 1 aliphatic heterocycles. The minimum atomic E-state index is 0. The van der Waals surface area contributed by atoms with E-state index in [-0.39, 0.29) is 24.0 Å². The Labute approximate surface area is 139 Å². The summed E-state index contributed by atoms with van der Waals surface area (Å²) in [5, 5.41) is 3.53. The average molecular weight is 397 g/mol. The Bertz CT molecular complexity index is 303. The second-order valence-corrected chi connectivity index (χ2v) is 7.89. The first-order chi connectivity index (χ1) is 8.61. The fourth-order valence-electron chi connectivity index (χ4n) is 2.53. The number of aliphatic imine (C=N–C) groups is 1. The van der Waals surface area contributed by atoms with Crippen LogP contribution < -0.4 is 5.32 Å². The number of nitrogens with one attached hydrogen (secondary N) is 1. The van der Waals surface area contributed by atoms with Crippen molar-refractivity contribution >= 4 is 41.7 Å². The summed E-state index contributed by atoms with van der Waals surface area (Å²) < 4.78 is 0.351. The molecule has 0 unspecified atom stereocenters. The van der Waals surface area contributed by atoms with Gasteiger partial charge in [-0.3, -0.25) is 4.99 Å². The quantitative estimate of drug-likeness (QED) is 0.342. The van der Waals surface area contributed by atoms with Crippen LogP contribution in [0.25, 0.3) is 0 Å². The van der Waals surface area contributed by atoms with E-state index >= 15 is 0 Å². The molecule has 2 aliphatic rings. The summed E-state index contributed by atoms with van der Waals surface area (Å²) >= 11 is 2.07. The Balaban J connectivity index is 0.00000180. The first-order valence-corrected chi connectivity index (χ1v) is 8.19. The zero-order valence-corrected chi connectivity index (χ0v) is 15.6. The first kappa shape index (κ1) is 17.4. The summed E-state index contributed by atoms with van der Waals surface area (Å²) in [6.07, 6.45) is 5.61. The Kier molecular flexibility index (Phi) is 7.29. The van der Waals surface area contributed by atoms with Crippen LogP contribution in [-0.4, -0.2) is 48.0 Å². The third-order valence-corrected chi connectivity index (χ3v) is 5.00. The molecule has 0 bridgehead atoms. The van der Waals surface area contributed by atoms with Gasteiger partial charge >= 0.3 is 0 Å². The second kappa shape index (κ2) is 7.96. The Morgan fingerprint density at radius 3 is 2.74 bits per heavy atom. The summed E-state index contributed by atoms with van der Waals surface area (Å²) in [4.78, 5) is 6.84. The lowest BCUT2D eigenvalue weighted by atomic mass is 10.2. The maximum Gasteiger partial charge on any atom is 0.193 e. The van der Waals surface area contributed by atoms with Crippen molar-refractivity contribution < 1.29 is 0 Å². The van der Waals surface area contributed by atoms with E-state index in [1.807, 2.05) is 7.05 Å². The summed E-state index contributed by atoms with van der Waals surface area (Å²) in [5.41, 5.74) is 0. The lowest BCUT2D eigenvalue weighted by Gasteiger charge is -2.39. The molecule has 1 heterocycles. The SMILES string of the molecule is CN=C(NCCCC1CC1)N1CCSC(C)(C)C1.I. The zero-order valence-electron chi connectivity index (χ0n) is 12.4. The molecule has 3 nitrogen and oxygen atoms in total. The van der Waals surface area contributed by atoms with Crippen molar-refractivity contribution in [3.8, 4) is 0 Å². The molecular weight excluding hydrogens is 369 g/mol. The van der Waals surface area contributed by atoms with Crippen LogP contribution in [0.5, 0.6) is 0 Å². The zero-order chi connectivity index (χ0) is 13.0. The molecule has 0 aromatic heterocycles. The number of nitrogens with zero attached hydrogens (tertiary/aromatic N) is 2. The highest BCUT2D eigenvalue weighted by Crippen LogP contribution is 2.33. The molecule has 112 valence electrons. The van der Waals surface area contributed by atoms with Crippen molar-refractivity contribution in [1.82, 2.24) is 10.2 Å². The van der Waals surface area contributed by atoms with Crippen LogP contribution in [0.4, 0.5) is 0 Å². The van der Waals surface area contributed by atoms with Gasteiger partial charge in [0.15, 0.2) is 5.96 Å². The maximum atomic E-state index is 4.43. The van der Waals surface area contributed by atoms with Crippen LogP contribution in [0.3, 0.4) is 0 Å².